The van der Waals surface area contributed by atoms with Crippen molar-refractivity contribution in [2.75, 3.05) is 0 Å². The number of aromatic nitrogens is 1. The molecule has 0 aliphatic heterocycles. The van der Waals surface area contributed by atoms with Gasteiger partial charge in [-0.05, 0) is 31.2 Å². The quantitative estimate of drug-likeness (QED) is 0.816. The Bertz CT molecular complexity index is 641. The van der Waals surface area contributed by atoms with Crippen LogP contribution in [0.25, 0.3) is 0 Å². The second-order valence-electron chi connectivity index (χ2n) is 4.08. The zero-order valence-corrected chi connectivity index (χ0v) is 10.7. The molecule has 5 nitrogen and oxygen atoms in total. The van der Waals surface area contributed by atoms with E-state index in [1.165, 1.54) is 30.5 Å². The van der Waals surface area contributed by atoms with Gasteiger partial charge in [0.1, 0.15) is 5.82 Å². The standard InChI is InChI=1S/C14H12FN3O2/c1-9-6-7-10(8-16-9)13(19)17-18-14(20)11-4-2-3-5-12(11)15/h2-8H,1H3,(H,17,19)(H,18,20). The summed E-state index contributed by atoms with van der Waals surface area (Å²) in [6, 6.07) is 8.75. The number of carbonyl (C=O) groups is 2. The molecule has 0 atom stereocenters. The van der Waals surface area contributed by atoms with E-state index in [9.17, 15) is 14.0 Å². The van der Waals surface area contributed by atoms with Gasteiger partial charge < -0.3 is 0 Å². The third kappa shape index (κ3) is 3.17. The lowest BCUT2D eigenvalue weighted by molar-refractivity contribution is 0.0844. The van der Waals surface area contributed by atoms with Gasteiger partial charge in [-0.1, -0.05) is 12.1 Å². The third-order valence-electron chi connectivity index (χ3n) is 2.58. The summed E-state index contributed by atoms with van der Waals surface area (Å²) in [6.07, 6.45) is 1.39. The summed E-state index contributed by atoms with van der Waals surface area (Å²) in [5.41, 5.74) is 5.27. The van der Waals surface area contributed by atoms with Crippen molar-refractivity contribution in [3.05, 3.63) is 65.2 Å². The average Bonchev–Trinajstić information content (AvgIpc) is 2.45. The fourth-order valence-electron chi connectivity index (χ4n) is 1.50. The van der Waals surface area contributed by atoms with Gasteiger partial charge in [-0.15, -0.1) is 0 Å². The molecule has 2 aromatic rings. The molecule has 0 radical (unpaired) electrons. The molecule has 0 fully saturated rings. The number of aryl methyl sites for hydroxylation is 1. The number of hydrogen-bond acceptors (Lipinski definition) is 3. The van der Waals surface area contributed by atoms with Crippen LogP contribution in [0.2, 0.25) is 0 Å². The molecule has 1 heterocycles. The number of rotatable bonds is 2. The summed E-state index contributed by atoms with van der Waals surface area (Å²) >= 11 is 0. The lowest BCUT2D eigenvalue weighted by atomic mass is 10.2. The first-order valence-corrected chi connectivity index (χ1v) is 5.86. The van der Waals surface area contributed by atoms with E-state index in [4.69, 9.17) is 0 Å². The predicted octanol–water partition coefficient (Wildman–Crippen LogP) is 1.60. The monoisotopic (exact) mass is 273 g/mol. The topological polar surface area (TPSA) is 71.1 Å². The number of amides is 2. The van der Waals surface area contributed by atoms with Crippen LogP contribution in [0.15, 0.2) is 42.6 Å². The smallest absolute Gasteiger partial charge is 0.267 e. The highest BCUT2D eigenvalue weighted by Gasteiger charge is 2.12. The Morgan fingerprint density at radius 2 is 1.75 bits per heavy atom. The van der Waals surface area contributed by atoms with E-state index >= 15 is 0 Å². The minimum atomic E-state index is -0.725. The van der Waals surface area contributed by atoms with Gasteiger partial charge >= 0.3 is 0 Å². The zero-order chi connectivity index (χ0) is 14.5. The number of halogens is 1. The number of hydrogen-bond donors (Lipinski definition) is 2. The molecule has 0 aliphatic rings. The molecule has 20 heavy (non-hydrogen) atoms. The van der Waals surface area contributed by atoms with Gasteiger partial charge in [-0.2, -0.15) is 0 Å². The van der Waals surface area contributed by atoms with E-state index in [1.54, 1.807) is 19.1 Å². The number of nitrogens with one attached hydrogen (secondary N) is 2. The Morgan fingerprint density at radius 3 is 2.40 bits per heavy atom. The van der Waals surface area contributed by atoms with Gasteiger partial charge in [0.2, 0.25) is 0 Å². The van der Waals surface area contributed by atoms with E-state index in [0.717, 1.165) is 5.69 Å². The van der Waals surface area contributed by atoms with Crippen molar-refractivity contribution in [1.82, 2.24) is 15.8 Å². The van der Waals surface area contributed by atoms with E-state index in [-0.39, 0.29) is 5.56 Å². The second-order valence-corrected chi connectivity index (χ2v) is 4.08. The van der Waals surface area contributed by atoms with Crippen molar-refractivity contribution in [2.45, 2.75) is 6.92 Å². The molecule has 2 rings (SSSR count). The van der Waals surface area contributed by atoms with E-state index in [0.29, 0.717) is 5.56 Å². The second kappa shape index (κ2) is 5.92. The molecule has 102 valence electrons. The van der Waals surface area contributed by atoms with Gasteiger partial charge in [0.05, 0.1) is 11.1 Å². The van der Waals surface area contributed by atoms with Crippen molar-refractivity contribution in [3.63, 3.8) is 0 Å². The van der Waals surface area contributed by atoms with Crippen molar-refractivity contribution in [1.29, 1.82) is 0 Å². The maximum absolute atomic E-state index is 13.3. The van der Waals surface area contributed by atoms with Gasteiger partial charge in [0.25, 0.3) is 11.8 Å². The Kier molecular flexibility index (Phi) is 4.05. The van der Waals surface area contributed by atoms with Gasteiger partial charge in [0.15, 0.2) is 0 Å². The van der Waals surface area contributed by atoms with Crippen LogP contribution in [-0.2, 0) is 0 Å². The molecule has 1 aromatic carbocycles. The normalized spacial score (nSPS) is 9.90. The Morgan fingerprint density at radius 1 is 1.05 bits per heavy atom. The number of nitrogens with zero attached hydrogens (tertiary/aromatic N) is 1. The number of benzene rings is 1. The molecule has 2 N–H and O–H groups in total. The minimum absolute atomic E-state index is 0.144. The third-order valence-corrected chi connectivity index (χ3v) is 2.58. The summed E-state index contributed by atoms with van der Waals surface area (Å²) in [5.74, 6) is -1.91. The van der Waals surface area contributed by atoms with Gasteiger partial charge in [0, 0.05) is 11.9 Å². The van der Waals surface area contributed by atoms with Crippen LogP contribution in [0.5, 0.6) is 0 Å². The van der Waals surface area contributed by atoms with Crippen molar-refractivity contribution in [2.24, 2.45) is 0 Å². The fourth-order valence-corrected chi connectivity index (χ4v) is 1.50. The predicted molar refractivity (Wildman–Crippen MR) is 70.3 cm³/mol. The number of pyridine rings is 1. The van der Waals surface area contributed by atoms with Gasteiger partial charge in [-0.3, -0.25) is 25.4 Å². The summed E-state index contributed by atoms with van der Waals surface area (Å²) < 4.78 is 13.3. The van der Waals surface area contributed by atoms with Crippen LogP contribution in [-0.4, -0.2) is 16.8 Å². The largest absolute Gasteiger partial charge is 0.272 e. The summed E-state index contributed by atoms with van der Waals surface area (Å²) in [7, 11) is 0. The van der Waals surface area contributed by atoms with Crippen molar-refractivity contribution >= 4 is 11.8 Å². The number of hydrazine groups is 1. The lowest BCUT2D eigenvalue weighted by Crippen LogP contribution is -2.42. The maximum atomic E-state index is 13.3. The average molecular weight is 273 g/mol. The molecular weight excluding hydrogens is 261 g/mol. The van der Waals surface area contributed by atoms with E-state index < -0.39 is 17.6 Å². The minimum Gasteiger partial charge on any atom is -0.267 e. The Balaban J connectivity index is 1.99. The van der Waals surface area contributed by atoms with Crippen LogP contribution in [0.3, 0.4) is 0 Å². The van der Waals surface area contributed by atoms with Gasteiger partial charge in [-0.25, -0.2) is 4.39 Å². The molecule has 0 bridgehead atoms. The van der Waals surface area contributed by atoms with Crippen LogP contribution in [0.4, 0.5) is 4.39 Å². The molecular formula is C14H12FN3O2. The summed E-state index contributed by atoms with van der Waals surface area (Å²) in [4.78, 5) is 27.4. The SMILES string of the molecule is Cc1ccc(C(=O)NNC(=O)c2ccccc2F)cn1. The molecule has 2 amide bonds. The summed E-state index contributed by atoms with van der Waals surface area (Å²) in [6.45, 7) is 1.79. The Labute approximate surface area is 114 Å². The molecule has 1 aromatic heterocycles. The van der Waals surface area contributed by atoms with Crippen molar-refractivity contribution in [3.8, 4) is 0 Å². The first-order valence-electron chi connectivity index (χ1n) is 5.86. The Hall–Kier alpha value is -2.76. The molecule has 0 spiro atoms. The van der Waals surface area contributed by atoms with Crippen LogP contribution in [0, 0.1) is 12.7 Å². The molecule has 6 heteroatoms. The van der Waals surface area contributed by atoms with Crippen LogP contribution < -0.4 is 10.9 Å². The lowest BCUT2D eigenvalue weighted by Gasteiger charge is -2.07. The molecule has 0 saturated heterocycles. The van der Waals surface area contributed by atoms with Crippen LogP contribution >= 0.6 is 0 Å². The first-order chi connectivity index (χ1) is 9.58. The molecule has 0 saturated carbocycles. The molecule has 0 aliphatic carbocycles. The first kappa shape index (κ1) is 13.7. The highest BCUT2D eigenvalue weighted by atomic mass is 19.1. The van der Waals surface area contributed by atoms with E-state index in [1.807, 2.05) is 0 Å². The van der Waals surface area contributed by atoms with E-state index in [2.05, 4.69) is 15.8 Å². The molecule has 0 unspecified atom stereocenters. The van der Waals surface area contributed by atoms with Crippen LogP contribution in [0.1, 0.15) is 26.4 Å². The number of carbonyl (C=O) groups excluding carboxylic acids is 2. The maximum Gasteiger partial charge on any atom is 0.272 e. The summed E-state index contributed by atoms with van der Waals surface area (Å²) in [5, 5.41) is 0. The fraction of sp³-hybridized carbons (Fsp3) is 0.0714. The zero-order valence-electron chi connectivity index (χ0n) is 10.7. The highest BCUT2D eigenvalue weighted by Crippen LogP contribution is 2.05. The van der Waals surface area contributed by atoms with Crippen molar-refractivity contribution < 1.29 is 14.0 Å². The highest BCUT2D eigenvalue weighted by molar-refractivity contribution is 5.99.